The van der Waals surface area contributed by atoms with Crippen molar-refractivity contribution in [3.63, 3.8) is 0 Å². The Morgan fingerprint density at radius 2 is 2.00 bits per heavy atom. The largest absolute Gasteiger partial charge is 0.492 e. The van der Waals surface area contributed by atoms with Gasteiger partial charge in [-0.1, -0.05) is 30.3 Å². The monoisotopic (exact) mass is 368 g/mol. The average Bonchev–Trinajstić information content (AvgIpc) is 3.11. The Hall–Kier alpha value is -2.53. The molecule has 0 aromatic heterocycles. The summed E-state index contributed by atoms with van der Waals surface area (Å²) in [5.74, 6) is 2.37. The van der Waals surface area contributed by atoms with Gasteiger partial charge in [0, 0.05) is 12.8 Å². The van der Waals surface area contributed by atoms with Crippen LogP contribution in [0.4, 0.5) is 0 Å². The summed E-state index contributed by atoms with van der Waals surface area (Å²) in [4.78, 5) is 12.9. The Morgan fingerprint density at radius 1 is 1.22 bits per heavy atom. The molecule has 1 atom stereocenters. The highest BCUT2D eigenvalue weighted by Gasteiger charge is 2.42. The minimum atomic E-state index is 0.0365. The number of methoxy groups -OCH3 is 1. The predicted octanol–water partition coefficient (Wildman–Crippen LogP) is 3.30. The minimum Gasteiger partial charge on any atom is -0.492 e. The van der Waals surface area contributed by atoms with Crippen LogP contribution in [-0.2, 0) is 17.6 Å². The van der Waals surface area contributed by atoms with Crippen molar-refractivity contribution in [1.29, 1.82) is 0 Å². The summed E-state index contributed by atoms with van der Waals surface area (Å²) in [7, 11) is 6.04. The molecule has 0 saturated heterocycles. The third kappa shape index (κ3) is 3.28. The molecule has 4 rings (SSSR count). The van der Waals surface area contributed by atoms with E-state index in [1.165, 1.54) is 5.56 Å². The first-order chi connectivity index (χ1) is 13.0. The summed E-state index contributed by atoms with van der Waals surface area (Å²) in [6.07, 6.45) is 1.86. The van der Waals surface area contributed by atoms with Gasteiger partial charge in [0.25, 0.3) is 0 Å². The van der Waals surface area contributed by atoms with E-state index in [0.717, 1.165) is 40.1 Å². The van der Waals surface area contributed by atoms with Crippen LogP contribution in [0.15, 0.2) is 36.4 Å². The number of hydrogen-bond donors (Lipinski definition) is 0. The van der Waals surface area contributed by atoms with Gasteiger partial charge in [0.1, 0.15) is 11.8 Å². The molecule has 0 amide bonds. The molecule has 2 aliphatic rings. The number of nitrogens with zero attached hydrogens (tertiary/aromatic N) is 1. The number of ketones is 1. The molecular weight excluding hydrogens is 342 g/mol. The number of fused-ring (bicyclic) bond motifs is 2. The first kappa shape index (κ1) is 17.9. The molecule has 142 valence electrons. The number of ether oxygens (including phenoxy) is 3. The third-order valence-electron chi connectivity index (χ3n) is 5.75. The van der Waals surface area contributed by atoms with Crippen LogP contribution in [0.2, 0.25) is 0 Å². The van der Waals surface area contributed by atoms with Crippen LogP contribution in [0.5, 0.6) is 17.2 Å². The van der Waals surface area contributed by atoms with Crippen molar-refractivity contribution in [3.05, 3.63) is 53.1 Å². The molecule has 0 N–H and O–H groups in total. The smallest absolute Gasteiger partial charge is 0.231 e. The highest BCUT2D eigenvalue weighted by Crippen LogP contribution is 2.51. The Kier molecular flexibility index (Phi) is 4.56. The van der Waals surface area contributed by atoms with Gasteiger partial charge in [0.2, 0.25) is 12.5 Å². The molecule has 27 heavy (non-hydrogen) atoms. The van der Waals surface area contributed by atoms with Crippen molar-refractivity contribution in [1.82, 2.24) is 0 Å². The maximum absolute atomic E-state index is 12.9. The van der Waals surface area contributed by atoms with E-state index in [2.05, 4.69) is 20.2 Å². The van der Waals surface area contributed by atoms with Crippen LogP contribution in [0.25, 0.3) is 0 Å². The molecule has 0 fully saturated rings. The molecule has 2 heterocycles. The summed E-state index contributed by atoms with van der Waals surface area (Å²) in [6.45, 7) is 1.18. The molecular formula is C22H26NO4+. The second-order valence-electron chi connectivity index (χ2n) is 7.89. The van der Waals surface area contributed by atoms with Gasteiger partial charge in [-0.3, -0.25) is 4.79 Å². The number of rotatable bonds is 5. The summed E-state index contributed by atoms with van der Waals surface area (Å²) in [5, 5.41) is 0. The first-order valence-electron chi connectivity index (χ1n) is 9.37. The quantitative estimate of drug-likeness (QED) is 0.760. The normalized spacial score (nSPS) is 19.4. The zero-order valence-corrected chi connectivity index (χ0v) is 16.2. The summed E-state index contributed by atoms with van der Waals surface area (Å²) < 4.78 is 17.8. The fourth-order valence-electron chi connectivity index (χ4n) is 4.23. The highest BCUT2D eigenvalue weighted by atomic mass is 16.7. The van der Waals surface area contributed by atoms with Crippen molar-refractivity contribution in [3.8, 4) is 17.2 Å². The molecule has 5 nitrogen and oxygen atoms in total. The standard InChI is InChI=1S/C22H26NO4/c1-23(2)10-9-16-12-19-21(27-14-26-19)22(25-3)20(16)18(23)13-17(24)11-15-7-5-4-6-8-15/h4-8,12,18H,9-11,13-14H2,1-3H3/q+1/t18-/m0/s1. The zero-order chi connectivity index (χ0) is 19.0. The molecule has 0 aliphatic carbocycles. The van der Waals surface area contributed by atoms with Gasteiger partial charge in [-0.15, -0.1) is 0 Å². The lowest BCUT2D eigenvalue weighted by atomic mass is 9.86. The van der Waals surface area contributed by atoms with Gasteiger partial charge in [-0.25, -0.2) is 0 Å². The molecule has 2 aromatic rings. The van der Waals surface area contributed by atoms with E-state index >= 15 is 0 Å². The molecule has 0 bridgehead atoms. The Bertz CT molecular complexity index is 860. The van der Waals surface area contributed by atoms with Gasteiger partial charge in [-0.2, -0.15) is 0 Å². The van der Waals surface area contributed by atoms with Gasteiger partial charge < -0.3 is 18.7 Å². The number of likely N-dealkylation sites (N-methyl/N-ethyl adjacent to an activating group) is 1. The van der Waals surface area contributed by atoms with Gasteiger partial charge in [-0.05, 0) is 17.2 Å². The van der Waals surface area contributed by atoms with Crippen LogP contribution in [-0.4, -0.2) is 44.8 Å². The highest BCUT2D eigenvalue weighted by molar-refractivity contribution is 5.82. The fraction of sp³-hybridized carbons (Fsp3) is 0.409. The lowest BCUT2D eigenvalue weighted by molar-refractivity contribution is -0.922. The second kappa shape index (κ2) is 6.89. The van der Waals surface area contributed by atoms with E-state index in [-0.39, 0.29) is 18.6 Å². The lowest BCUT2D eigenvalue weighted by Gasteiger charge is -2.43. The van der Waals surface area contributed by atoms with Crippen molar-refractivity contribution in [2.75, 3.05) is 34.5 Å². The Labute approximate surface area is 160 Å². The molecule has 2 aromatic carbocycles. The number of Topliss-reactive ketones (excluding diaryl/α,β-unsaturated/α-hetero) is 1. The SMILES string of the molecule is COc1c2c(cc3c1[C@H](CC(=O)Cc1ccccc1)[N+](C)(C)CC3)OCO2. The number of carbonyl (C=O) groups excluding carboxylic acids is 1. The van der Waals surface area contributed by atoms with Crippen LogP contribution in [0.3, 0.4) is 0 Å². The summed E-state index contributed by atoms with van der Waals surface area (Å²) in [6, 6.07) is 12.0. The van der Waals surface area contributed by atoms with E-state index in [0.29, 0.717) is 18.6 Å². The minimum absolute atomic E-state index is 0.0365. The number of hydrogen-bond acceptors (Lipinski definition) is 4. The lowest BCUT2D eigenvalue weighted by Crippen LogP contribution is -2.48. The number of quaternary nitrogens is 1. The average molecular weight is 368 g/mol. The van der Waals surface area contributed by atoms with Crippen molar-refractivity contribution in [2.24, 2.45) is 0 Å². The van der Waals surface area contributed by atoms with Crippen molar-refractivity contribution in [2.45, 2.75) is 25.3 Å². The molecule has 0 spiro atoms. The molecule has 0 saturated carbocycles. The second-order valence-corrected chi connectivity index (χ2v) is 7.89. The van der Waals surface area contributed by atoms with Gasteiger partial charge in [0.15, 0.2) is 11.5 Å². The Balaban J connectivity index is 1.69. The van der Waals surface area contributed by atoms with Crippen LogP contribution in [0, 0.1) is 0 Å². The third-order valence-corrected chi connectivity index (χ3v) is 5.75. The van der Waals surface area contributed by atoms with E-state index in [9.17, 15) is 4.79 Å². The van der Waals surface area contributed by atoms with E-state index in [1.54, 1.807) is 7.11 Å². The molecule has 0 radical (unpaired) electrons. The maximum atomic E-state index is 12.9. The van der Waals surface area contributed by atoms with E-state index < -0.39 is 0 Å². The Morgan fingerprint density at radius 3 is 2.74 bits per heavy atom. The van der Waals surface area contributed by atoms with E-state index in [1.807, 2.05) is 30.3 Å². The van der Waals surface area contributed by atoms with E-state index in [4.69, 9.17) is 14.2 Å². The number of benzene rings is 2. The van der Waals surface area contributed by atoms with Crippen molar-refractivity contribution >= 4 is 5.78 Å². The molecule has 5 heteroatoms. The first-order valence-corrected chi connectivity index (χ1v) is 9.37. The fourth-order valence-corrected chi connectivity index (χ4v) is 4.23. The summed E-state index contributed by atoms with van der Waals surface area (Å²) >= 11 is 0. The maximum Gasteiger partial charge on any atom is 0.231 e. The van der Waals surface area contributed by atoms with Crippen molar-refractivity contribution < 1.29 is 23.5 Å². The molecule has 2 aliphatic heterocycles. The molecule has 0 unspecified atom stereocenters. The number of carbonyl (C=O) groups is 1. The van der Waals surface area contributed by atoms with Crippen LogP contribution in [0.1, 0.15) is 29.2 Å². The van der Waals surface area contributed by atoms with Gasteiger partial charge >= 0.3 is 0 Å². The topological polar surface area (TPSA) is 44.8 Å². The predicted molar refractivity (Wildman–Crippen MR) is 102 cm³/mol. The van der Waals surface area contributed by atoms with Crippen LogP contribution < -0.4 is 14.2 Å². The summed E-state index contributed by atoms with van der Waals surface area (Å²) in [5.41, 5.74) is 3.35. The van der Waals surface area contributed by atoms with Crippen LogP contribution >= 0.6 is 0 Å². The van der Waals surface area contributed by atoms with Gasteiger partial charge in [0.05, 0.1) is 39.7 Å². The zero-order valence-electron chi connectivity index (χ0n) is 16.2.